The first kappa shape index (κ1) is 26.6. The van der Waals surface area contributed by atoms with Crippen molar-refractivity contribution in [3.63, 3.8) is 0 Å². The Morgan fingerprint density at radius 2 is 1.81 bits per heavy atom. The van der Waals surface area contributed by atoms with Crippen LogP contribution in [0, 0.1) is 0 Å². The topological polar surface area (TPSA) is 90.9 Å². The number of carbonyl (C=O) groups excluding carboxylic acids is 3. The zero-order chi connectivity index (χ0) is 23.4. The normalized spacial score (nSPS) is 12.6. The van der Waals surface area contributed by atoms with Crippen molar-refractivity contribution in [3.05, 3.63) is 41.0 Å². The minimum Gasteiger partial charge on any atom is -0.467 e. The third kappa shape index (κ3) is 10.9. The molecule has 0 aliphatic rings. The molecule has 0 bridgehead atoms. The summed E-state index contributed by atoms with van der Waals surface area (Å²) in [6.45, 7) is 8.80. The molecule has 0 aliphatic heterocycles. The molecule has 0 spiro atoms. The summed E-state index contributed by atoms with van der Waals surface area (Å²) in [5.41, 5.74) is 0.102. The maximum absolute atomic E-state index is 12.1. The molecule has 31 heavy (non-hydrogen) atoms. The smallest absolute Gasteiger partial charge is 0.408 e. The summed E-state index contributed by atoms with van der Waals surface area (Å²) in [4.78, 5) is 36.0. The van der Waals surface area contributed by atoms with Crippen molar-refractivity contribution in [2.24, 2.45) is 0 Å². The van der Waals surface area contributed by atoms with Crippen LogP contribution >= 0.6 is 11.8 Å². The molecule has 0 saturated carbocycles. The van der Waals surface area contributed by atoms with Crippen molar-refractivity contribution in [1.82, 2.24) is 5.32 Å². The Bertz CT molecular complexity index is 767. The number of nitrogens with one attached hydrogen (secondary N) is 1. The molecule has 0 saturated heterocycles. The minimum absolute atomic E-state index is 0.152. The quantitative estimate of drug-likeness (QED) is 0.227. The maximum Gasteiger partial charge on any atom is 0.408 e. The highest BCUT2D eigenvalue weighted by molar-refractivity contribution is 8.02. The van der Waals surface area contributed by atoms with Crippen LogP contribution in [0.3, 0.4) is 0 Å². The molecule has 0 aliphatic carbocycles. The van der Waals surface area contributed by atoms with Gasteiger partial charge in [-0.25, -0.2) is 9.59 Å². The van der Waals surface area contributed by atoms with Gasteiger partial charge in [0.15, 0.2) is 11.5 Å². The highest BCUT2D eigenvalue weighted by atomic mass is 32.2. The first-order valence-corrected chi connectivity index (χ1v) is 11.3. The van der Waals surface area contributed by atoms with Crippen LogP contribution < -0.4 is 10.1 Å². The number of ether oxygens (including phenoxy) is 3. The molecule has 1 N–H and O–H groups in total. The highest BCUT2D eigenvalue weighted by Gasteiger charge is 2.25. The number of rotatable bonds is 11. The van der Waals surface area contributed by atoms with Gasteiger partial charge < -0.3 is 19.5 Å². The predicted octanol–water partition coefficient (Wildman–Crippen LogP) is 4.64. The highest BCUT2D eigenvalue weighted by Crippen LogP contribution is 2.19. The lowest BCUT2D eigenvalue weighted by Gasteiger charge is -2.22. The Morgan fingerprint density at radius 3 is 2.32 bits per heavy atom. The van der Waals surface area contributed by atoms with Gasteiger partial charge in [-0.05, 0) is 50.6 Å². The van der Waals surface area contributed by atoms with Crippen LogP contribution in [0.1, 0.15) is 53.0 Å². The summed E-state index contributed by atoms with van der Waals surface area (Å²) < 4.78 is 15.7. The fraction of sp³-hybridized carbons (Fsp3) is 0.522. The average molecular weight is 452 g/mol. The zero-order valence-electron chi connectivity index (χ0n) is 19.2. The first-order valence-electron chi connectivity index (χ1n) is 10.2. The molecular weight excluding hydrogens is 418 g/mol. The number of thioether (sulfide) groups is 1. The van der Waals surface area contributed by atoms with Gasteiger partial charge in [-0.15, -0.1) is 11.8 Å². The van der Waals surface area contributed by atoms with Gasteiger partial charge in [0.05, 0.1) is 7.11 Å². The van der Waals surface area contributed by atoms with Crippen LogP contribution in [0.5, 0.6) is 5.75 Å². The average Bonchev–Trinajstić information content (AvgIpc) is 2.68. The summed E-state index contributed by atoms with van der Waals surface area (Å²) in [6, 6.07) is 6.07. The van der Waals surface area contributed by atoms with Gasteiger partial charge in [0.1, 0.15) is 17.4 Å². The predicted molar refractivity (Wildman–Crippen MR) is 122 cm³/mol. The zero-order valence-corrected chi connectivity index (χ0v) is 20.0. The number of ketones is 1. The lowest BCUT2D eigenvalue weighted by molar-refractivity contribution is -0.143. The molecule has 1 atom stereocenters. The number of allylic oxidation sites excluding steroid dienone is 1. The number of amides is 1. The molecule has 8 heteroatoms. The third-order valence-electron chi connectivity index (χ3n) is 3.92. The van der Waals surface area contributed by atoms with Crippen molar-refractivity contribution in [2.45, 2.75) is 65.5 Å². The molecule has 1 aromatic carbocycles. The lowest BCUT2D eigenvalue weighted by Crippen LogP contribution is -2.45. The SMILES string of the molecule is CCCCS/C=C(\Oc1ccc(C[C@H](NC(=O)OC(C)(C)C)C(=O)OC)cc1)C(C)=O. The second-order valence-corrected chi connectivity index (χ2v) is 8.91. The van der Waals surface area contributed by atoms with E-state index in [4.69, 9.17) is 14.2 Å². The van der Waals surface area contributed by atoms with E-state index in [2.05, 4.69) is 12.2 Å². The van der Waals surface area contributed by atoms with Crippen molar-refractivity contribution < 1.29 is 28.6 Å². The fourth-order valence-electron chi connectivity index (χ4n) is 2.38. The molecule has 1 rings (SSSR count). The van der Waals surface area contributed by atoms with E-state index in [1.807, 2.05) is 0 Å². The van der Waals surface area contributed by atoms with Crippen LogP contribution in [0.25, 0.3) is 0 Å². The molecule has 0 heterocycles. The van der Waals surface area contributed by atoms with Crippen molar-refractivity contribution in [3.8, 4) is 5.75 Å². The third-order valence-corrected chi connectivity index (χ3v) is 4.83. The van der Waals surface area contributed by atoms with Gasteiger partial charge in [-0.3, -0.25) is 4.79 Å². The maximum atomic E-state index is 12.1. The molecule has 1 amide bonds. The van der Waals surface area contributed by atoms with E-state index in [1.54, 1.807) is 62.2 Å². The Labute approximate surface area is 188 Å². The number of hydrogen-bond acceptors (Lipinski definition) is 7. The number of methoxy groups -OCH3 is 1. The number of benzene rings is 1. The number of Topliss-reactive ketones (excluding diaryl/α,β-unsaturated/α-hetero) is 1. The van der Waals surface area contributed by atoms with E-state index in [-0.39, 0.29) is 18.0 Å². The van der Waals surface area contributed by atoms with Crippen LogP contribution in [0.15, 0.2) is 35.4 Å². The van der Waals surface area contributed by atoms with Gasteiger partial charge in [0.2, 0.25) is 0 Å². The standard InChI is InChI=1S/C23H33NO6S/c1-7-8-13-31-15-20(16(2)25)29-18-11-9-17(10-12-18)14-19(21(26)28-6)24-22(27)30-23(3,4)5/h9-12,15,19H,7-8,13-14H2,1-6H3,(H,24,27)/b20-15-/t19-/m0/s1. The molecule has 0 fully saturated rings. The number of alkyl carbamates (subject to hydrolysis) is 1. The van der Waals surface area contributed by atoms with E-state index in [9.17, 15) is 14.4 Å². The van der Waals surface area contributed by atoms with Gasteiger partial charge in [-0.2, -0.15) is 0 Å². The van der Waals surface area contributed by atoms with E-state index >= 15 is 0 Å². The summed E-state index contributed by atoms with van der Waals surface area (Å²) >= 11 is 1.55. The molecule has 0 unspecified atom stereocenters. The number of hydrogen-bond donors (Lipinski definition) is 1. The van der Waals surface area contributed by atoms with Gasteiger partial charge in [0.25, 0.3) is 0 Å². The fourth-order valence-corrected chi connectivity index (χ4v) is 3.32. The van der Waals surface area contributed by atoms with Crippen molar-refractivity contribution >= 4 is 29.6 Å². The van der Waals surface area contributed by atoms with E-state index in [0.29, 0.717) is 5.75 Å². The summed E-state index contributed by atoms with van der Waals surface area (Å²) in [6.07, 6.45) is 1.68. The Hall–Kier alpha value is -2.48. The molecule has 172 valence electrons. The summed E-state index contributed by atoms with van der Waals surface area (Å²) in [5.74, 6) is 0.996. The Balaban J connectivity index is 2.81. The van der Waals surface area contributed by atoms with Gasteiger partial charge in [0, 0.05) is 18.8 Å². The van der Waals surface area contributed by atoms with Crippen LogP contribution in [-0.4, -0.2) is 42.4 Å². The van der Waals surface area contributed by atoms with Crippen LogP contribution in [0.4, 0.5) is 4.79 Å². The van der Waals surface area contributed by atoms with E-state index in [1.165, 1.54) is 14.0 Å². The lowest BCUT2D eigenvalue weighted by atomic mass is 10.1. The van der Waals surface area contributed by atoms with Crippen LogP contribution in [0.2, 0.25) is 0 Å². The molecule has 7 nitrogen and oxygen atoms in total. The molecule has 0 radical (unpaired) electrons. The second kappa shape index (κ2) is 13.0. The van der Waals surface area contributed by atoms with Crippen molar-refractivity contribution in [1.29, 1.82) is 0 Å². The molecular formula is C23H33NO6S. The Morgan fingerprint density at radius 1 is 1.16 bits per heavy atom. The second-order valence-electron chi connectivity index (χ2n) is 7.93. The molecule has 1 aromatic rings. The van der Waals surface area contributed by atoms with Crippen LogP contribution in [-0.2, 0) is 25.5 Å². The number of esters is 1. The largest absolute Gasteiger partial charge is 0.467 e. The van der Waals surface area contributed by atoms with Gasteiger partial charge in [-0.1, -0.05) is 25.5 Å². The van der Waals surface area contributed by atoms with Crippen molar-refractivity contribution in [2.75, 3.05) is 12.9 Å². The molecule has 0 aromatic heterocycles. The van der Waals surface area contributed by atoms with E-state index in [0.717, 1.165) is 24.2 Å². The summed E-state index contributed by atoms with van der Waals surface area (Å²) in [5, 5.41) is 4.28. The van der Waals surface area contributed by atoms with E-state index < -0.39 is 23.7 Å². The first-order chi connectivity index (χ1) is 14.6. The summed E-state index contributed by atoms with van der Waals surface area (Å²) in [7, 11) is 1.26. The van der Waals surface area contributed by atoms with Gasteiger partial charge >= 0.3 is 12.1 Å². The number of carbonyl (C=O) groups is 3. The Kier molecular flexibility index (Phi) is 11.2. The number of unbranched alkanes of at least 4 members (excludes halogenated alkanes) is 1. The monoisotopic (exact) mass is 451 g/mol. The minimum atomic E-state index is -0.894.